The Morgan fingerprint density at radius 3 is 2.78 bits per heavy atom. The molecule has 5 heteroatoms. The summed E-state index contributed by atoms with van der Waals surface area (Å²) in [5.41, 5.74) is -0.379. The number of rotatable bonds is 4. The molecule has 2 rings (SSSR count). The van der Waals surface area contributed by atoms with Crippen molar-refractivity contribution in [2.24, 2.45) is 0 Å². The normalized spacial score (nSPS) is 16.8. The summed E-state index contributed by atoms with van der Waals surface area (Å²) in [5.74, 6) is -0.0164. The van der Waals surface area contributed by atoms with Crippen LogP contribution in [0.4, 0.5) is 0 Å². The van der Waals surface area contributed by atoms with Crippen LogP contribution in [0.15, 0.2) is 22.7 Å². The zero-order valence-electron chi connectivity index (χ0n) is 10.1. The lowest BCUT2D eigenvalue weighted by atomic mass is 9.81. The number of ether oxygens (including phenoxy) is 2. The Bertz CT molecular complexity index is 454. The first-order valence-corrected chi connectivity index (χ1v) is 6.56. The average molecular weight is 315 g/mol. The van der Waals surface area contributed by atoms with Crippen LogP contribution in [0.25, 0.3) is 0 Å². The van der Waals surface area contributed by atoms with E-state index in [0.717, 1.165) is 23.7 Å². The van der Waals surface area contributed by atoms with Crippen LogP contribution in [0.1, 0.15) is 29.6 Å². The first-order valence-electron chi connectivity index (χ1n) is 5.77. The third-order valence-electron chi connectivity index (χ3n) is 3.13. The van der Waals surface area contributed by atoms with Gasteiger partial charge in [0, 0.05) is 4.47 Å². The summed E-state index contributed by atoms with van der Waals surface area (Å²) in [6.07, 6.45) is 2.51. The number of benzene rings is 1. The van der Waals surface area contributed by atoms with Crippen molar-refractivity contribution in [1.29, 1.82) is 0 Å². The molecule has 0 bridgehead atoms. The SMILES string of the molecule is COC(=O)c1cc(Br)ccc1OCC1(O)CCC1. The van der Waals surface area contributed by atoms with Crippen LogP contribution < -0.4 is 4.74 Å². The number of carbonyl (C=O) groups is 1. The summed E-state index contributed by atoms with van der Waals surface area (Å²) in [7, 11) is 1.33. The second kappa shape index (κ2) is 5.28. The fourth-order valence-electron chi connectivity index (χ4n) is 1.84. The number of aliphatic hydroxyl groups is 1. The summed E-state index contributed by atoms with van der Waals surface area (Å²) in [4.78, 5) is 11.6. The van der Waals surface area contributed by atoms with Gasteiger partial charge in [0.05, 0.1) is 12.7 Å². The lowest BCUT2D eigenvalue weighted by Gasteiger charge is -2.36. The first kappa shape index (κ1) is 13.4. The van der Waals surface area contributed by atoms with Crippen molar-refractivity contribution in [3.05, 3.63) is 28.2 Å². The highest BCUT2D eigenvalue weighted by Crippen LogP contribution is 2.33. The molecule has 0 heterocycles. The lowest BCUT2D eigenvalue weighted by molar-refractivity contribution is -0.0665. The van der Waals surface area contributed by atoms with Crippen molar-refractivity contribution < 1.29 is 19.4 Å². The lowest BCUT2D eigenvalue weighted by Crippen LogP contribution is -2.42. The molecule has 18 heavy (non-hydrogen) atoms. The Labute approximate surface area is 114 Å². The second-order valence-corrected chi connectivity index (χ2v) is 5.41. The molecule has 0 aromatic heterocycles. The Morgan fingerprint density at radius 1 is 1.50 bits per heavy atom. The molecule has 1 saturated carbocycles. The van der Waals surface area contributed by atoms with Gasteiger partial charge in [-0.2, -0.15) is 0 Å². The van der Waals surface area contributed by atoms with E-state index in [1.54, 1.807) is 18.2 Å². The largest absolute Gasteiger partial charge is 0.490 e. The van der Waals surface area contributed by atoms with Crippen LogP contribution in [0.2, 0.25) is 0 Å². The van der Waals surface area contributed by atoms with Crippen molar-refractivity contribution in [3.8, 4) is 5.75 Å². The summed E-state index contributed by atoms with van der Waals surface area (Å²) < 4.78 is 11.0. The minimum Gasteiger partial charge on any atom is -0.490 e. The third-order valence-corrected chi connectivity index (χ3v) is 3.62. The number of hydrogen-bond donors (Lipinski definition) is 1. The Hall–Kier alpha value is -1.07. The zero-order valence-corrected chi connectivity index (χ0v) is 11.7. The monoisotopic (exact) mass is 314 g/mol. The maximum Gasteiger partial charge on any atom is 0.341 e. The summed E-state index contributed by atoms with van der Waals surface area (Å²) >= 11 is 3.30. The maximum atomic E-state index is 11.6. The van der Waals surface area contributed by atoms with E-state index in [4.69, 9.17) is 9.47 Å². The van der Waals surface area contributed by atoms with E-state index in [2.05, 4.69) is 15.9 Å². The Balaban J connectivity index is 2.13. The van der Waals surface area contributed by atoms with Crippen molar-refractivity contribution in [1.82, 2.24) is 0 Å². The molecule has 98 valence electrons. The number of halogens is 1. The molecule has 1 fully saturated rings. The van der Waals surface area contributed by atoms with Gasteiger partial charge < -0.3 is 14.6 Å². The van der Waals surface area contributed by atoms with Gasteiger partial charge in [-0.3, -0.25) is 0 Å². The van der Waals surface area contributed by atoms with Gasteiger partial charge in [-0.1, -0.05) is 15.9 Å². The maximum absolute atomic E-state index is 11.6. The summed E-state index contributed by atoms with van der Waals surface area (Å²) in [5, 5.41) is 9.96. The minimum atomic E-state index is -0.736. The van der Waals surface area contributed by atoms with Crippen molar-refractivity contribution in [3.63, 3.8) is 0 Å². The van der Waals surface area contributed by atoms with Crippen LogP contribution >= 0.6 is 15.9 Å². The van der Waals surface area contributed by atoms with Crippen molar-refractivity contribution in [2.75, 3.05) is 13.7 Å². The van der Waals surface area contributed by atoms with E-state index in [-0.39, 0.29) is 6.61 Å². The van der Waals surface area contributed by atoms with Gasteiger partial charge in [-0.25, -0.2) is 4.79 Å². The highest BCUT2D eigenvalue weighted by atomic mass is 79.9. The highest BCUT2D eigenvalue weighted by Gasteiger charge is 2.35. The zero-order chi connectivity index (χ0) is 13.2. The molecule has 1 aromatic rings. The molecular weight excluding hydrogens is 300 g/mol. The van der Waals surface area contributed by atoms with Gasteiger partial charge in [-0.05, 0) is 37.5 Å². The first-order chi connectivity index (χ1) is 8.54. The van der Waals surface area contributed by atoms with Crippen molar-refractivity contribution >= 4 is 21.9 Å². The predicted molar refractivity (Wildman–Crippen MR) is 69.8 cm³/mol. The molecule has 1 aliphatic rings. The highest BCUT2D eigenvalue weighted by molar-refractivity contribution is 9.10. The van der Waals surface area contributed by atoms with Crippen molar-refractivity contribution in [2.45, 2.75) is 24.9 Å². The molecule has 0 atom stereocenters. The van der Waals surface area contributed by atoms with Crippen LogP contribution in [0.3, 0.4) is 0 Å². The molecule has 0 spiro atoms. The smallest absolute Gasteiger partial charge is 0.341 e. The molecule has 0 unspecified atom stereocenters. The standard InChI is InChI=1S/C13H15BrO4/c1-17-12(15)10-7-9(14)3-4-11(10)18-8-13(16)5-2-6-13/h3-4,7,16H,2,5-6,8H2,1H3. The van der Waals surface area contributed by atoms with Crippen LogP contribution in [-0.2, 0) is 4.74 Å². The van der Waals surface area contributed by atoms with Gasteiger partial charge in [0.2, 0.25) is 0 Å². The molecule has 4 nitrogen and oxygen atoms in total. The number of methoxy groups -OCH3 is 1. The van der Waals surface area contributed by atoms with E-state index < -0.39 is 11.6 Å². The van der Waals surface area contributed by atoms with Crippen LogP contribution in [-0.4, -0.2) is 30.4 Å². The van der Waals surface area contributed by atoms with E-state index in [1.807, 2.05) is 0 Å². The molecular formula is C13H15BrO4. The molecule has 1 aromatic carbocycles. The predicted octanol–water partition coefficient (Wildman–Crippen LogP) is 2.53. The minimum absolute atomic E-state index is 0.207. The number of hydrogen-bond acceptors (Lipinski definition) is 4. The number of carbonyl (C=O) groups excluding carboxylic acids is 1. The fraction of sp³-hybridized carbons (Fsp3) is 0.462. The topological polar surface area (TPSA) is 55.8 Å². The van der Waals surface area contributed by atoms with Gasteiger partial charge in [-0.15, -0.1) is 0 Å². The van der Waals surface area contributed by atoms with E-state index in [9.17, 15) is 9.90 Å². The molecule has 0 radical (unpaired) electrons. The van der Waals surface area contributed by atoms with Gasteiger partial charge >= 0.3 is 5.97 Å². The molecule has 0 aliphatic heterocycles. The van der Waals surface area contributed by atoms with E-state index in [0.29, 0.717) is 11.3 Å². The third kappa shape index (κ3) is 2.84. The average Bonchev–Trinajstić information content (AvgIpc) is 2.34. The fourth-order valence-corrected chi connectivity index (χ4v) is 2.20. The van der Waals surface area contributed by atoms with Gasteiger partial charge in [0.25, 0.3) is 0 Å². The Morgan fingerprint density at radius 2 is 2.22 bits per heavy atom. The van der Waals surface area contributed by atoms with E-state index in [1.165, 1.54) is 7.11 Å². The molecule has 0 saturated heterocycles. The molecule has 1 N–H and O–H groups in total. The van der Waals surface area contributed by atoms with Gasteiger partial charge in [0.15, 0.2) is 0 Å². The summed E-state index contributed by atoms with van der Waals surface area (Å²) in [6.45, 7) is 0.207. The Kier molecular flexibility index (Phi) is 3.92. The van der Waals surface area contributed by atoms with E-state index >= 15 is 0 Å². The molecule has 0 amide bonds. The van der Waals surface area contributed by atoms with Crippen LogP contribution in [0.5, 0.6) is 5.75 Å². The van der Waals surface area contributed by atoms with Crippen LogP contribution in [0, 0.1) is 0 Å². The quantitative estimate of drug-likeness (QED) is 0.868. The summed E-state index contributed by atoms with van der Waals surface area (Å²) in [6, 6.07) is 5.12. The number of esters is 1. The van der Waals surface area contributed by atoms with Gasteiger partial charge in [0.1, 0.15) is 17.9 Å². The second-order valence-electron chi connectivity index (χ2n) is 4.50. The molecule has 1 aliphatic carbocycles.